The fraction of sp³-hybridized carbons (Fsp3) is 0.226. The Morgan fingerprint density at radius 3 is 2.46 bits per heavy atom. The van der Waals surface area contributed by atoms with Crippen molar-refractivity contribution in [3.8, 4) is 29.1 Å². The zero-order valence-electron chi connectivity index (χ0n) is 23.6. The highest BCUT2D eigenvalue weighted by atomic mass is 32.2. The second kappa shape index (κ2) is 14.5. The minimum atomic E-state index is -0.536. The third-order valence-corrected chi connectivity index (χ3v) is 6.88. The van der Waals surface area contributed by atoms with Gasteiger partial charge in [-0.1, -0.05) is 55.9 Å². The molecule has 41 heavy (non-hydrogen) atoms. The van der Waals surface area contributed by atoms with Crippen molar-refractivity contribution in [1.82, 2.24) is 9.97 Å². The standard InChI is InChI=1S/C29H25FN6O2S.C2H6/c1-36(2)25-11-10-20(26(30)23(25)14-31)16-33-21-8-4-6-18(12-21)17-39-29-34-27(24(15-32)28(37)35-29)19-7-5-9-22(13-19)38-3;1-2/h4-13,33H,16-17H2,1-3H3,(H,34,35,37);1-2H3. The van der Waals surface area contributed by atoms with Crippen LogP contribution in [0, 0.1) is 28.5 Å². The normalized spacial score (nSPS) is 10.0. The Morgan fingerprint density at radius 2 is 1.78 bits per heavy atom. The molecule has 8 nitrogen and oxygen atoms in total. The molecule has 0 radical (unpaired) electrons. The summed E-state index contributed by atoms with van der Waals surface area (Å²) in [5.41, 5.74) is 2.98. The maximum Gasteiger partial charge on any atom is 0.270 e. The number of rotatable bonds is 9. The second-order valence-electron chi connectivity index (χ2n) is 8.72. The minimum absolute atomic E-state index is 0.0154. The Kier molecular flexibility index (Phi) is 10.9. The van der Waals surface area contributed by atoms with Gasteiger partial charge >= 0.3 is 0 Å². The lowest BCUT2D eigenvalue weighted by Crippen LogP contribution is -2.14. The van der Waals surface area contributed by atoms with E-state index in [0.29, 0.717) is 33.5 Å². The molecule has 4 aromatic rings. The summed E-state index contributed by atoms with van der Waals surface area (Å²) in [6.07, 6.45) is 0. The Balaban J connectivity index is 0.00000226. The van der Waals surface area contributed by atoms with Gasteiger partial charge in [-0.05, 0) is 35.9 Å². The van der Waals surface area contributed by atoms with Crippen molar-refractivity contribution in [2.45, 2.75) is 31.3 Å². The average Bonchev–Trinajstić information content (AvgIpc) is 3.00. The van der Waals surface area contributed by atoms with Crippen molar-refractivity contribution in [1.29, 1.82) is 10.5 Å². The van der Waals surface area contributed by atoms with Crippen molar-refractivity contribution in [3.63, 3.8) is 0 Å². The van der Waals surface area contributed by atoms with E-state index in [1.54, 1.807) is 62.5 Å². The molecule has 0 unspecified atom stereocenters. The second-order valence-corrected chi connectivity index (χ2v) is 9.68. The van der Waals surface area contributed by atoms with Gasteiger partial charge in [0.25, 0.3) is 5.56 Å². The third kappa shape index (κ3) is 7.44. The summed E-state index contributed by atoms with van der Waals surface area (Å²) < 4.78 is 20.2. The highest BCUT2D eigenvalue weighted by Crippen LogP contribution is 2.28. The Hall–Kier alpha value is -4.80. The highest BCUT2D eigenvalue weighted by Gasteiger charge is 2.16. The Morgan fingerprint density at radius 1 is 1.05 bits per heavy atom. The summed E-state index contributed by atoms with van der Waals surface area (Å²) in [4.78, 5) is 21.5. The molecule has 0 saturated carbocycles. The lowest BCUT2D eigenvalue weighted by molar-refractivity contribution is 0.415. The molecule has 10 heteroatoms. The molecule has 0 aliphatic rings. The molecule has 3 aromatic carbocycles. The number of nitrogens with zero attached hydrogens (tertiary/aromatic N) is 4. The summed E-state index contributed by atoms with van der Waals surface area (Å²) in [6, 6.07) is 21.9. The predicted octanol–water partition coefficient (Wildman–Crippen LogP) is 6.32. The summed E-state index contributed by atoms with van der Waals surface area (Å²) >= 11 is 1.32. The number of ether oxygens (including phenoxy) is 1. The fourth-order valence-corrected chi connectivity index (χ4v) is 4.75. The van der Waals surface area contributed by atoms with Crippen LogP contribution in [-0.2, 0) is 12.3 Å². The number of benzene rings is 3. The quantitative estimate of drug-likeness (QED) is 0.177. The van der Waals surface area contributed by atoms with Crippen molar-refractivity contribution in [2.24, 2.45) is 0 Å². The average molecular weight is 571 g/mol. The number of nitriles is 2. The van der Waals surface area contributed by atoms with Crippen LogP contribution >= 0.6 is 11.8 Å². The van der Waals surface area contributed by atoms with Gasteiger partial charge in [0, 0.05) is 43.2 Å². The van der Waals surface area contributed by atoms with Crippen LogP contribution in [0.2, 0.25) is 0 Å². The van der Waals surface area contributed by atoms with Gasteiger partial charge in [-0.3, -0.25) is 4.79 Å². The monoisotopic (exact) mass is 570 g/mol. The van der Waals surface area contributed by atoms with Crippen LogP contribution in [0.3, 0.4) is 0 Å². The maximum absolute atomic E-state index is 14.9. The topological polar surface area (TPSA) is 118 Å². The first-order valence-corrected chi connectivity index (χ1v) is 13.9. The smallest absolute Gasteiger partial charge is 0.270 e. The van der Waals surface area contributed by atoms with Gasteiger partial charge in [0.05, 0.1) is 18.5 Å². The molecule has 0 aliphatic heterocycles. The molecule has 1 heterocycles. The number of halogens is 1. The Bertz CT molecular complexity index is 1660. The molecule has 0 amide bonds. The summed E-state index contributed by atoms with van der Waals surface area (Å²) in [6.45, 7) is 4.21. The van der Waals surface area contributed by atoms with E-state index in [0.717, 1.165) is 11.3 Å². The SMILES string of the molecule is CC.COc1cccc(-c2nc(SCc3cccc(NCc4ccc(N(C)C)c(C#N)c4F)c3)[nH]c(=O)c2C#N)c1. The lowest BCUT2D eigenvalue weighted by atomic mass is 10.1. The van der Waals surface area contributed by atoms with Crippen LogP contribution in [0.5, 0.6) is 5.75 Å². The third-order valence-electron chi connectivity index (χ3n) is 5.93. The first kappa shape index (κ1) is 30.7. The lowest BCUT2D eigenvalue weighted by Gasteiger charge is -2.16. The molecule has 4 rings (SSSR count). The number of hydrogen-bond donors (Lipinski definition) is 2. The maximum atomic E-state index is 14.9. The zero-order valence-corrected chi connectivity index (χ0v) is 24.4. The molecule has 0 atom stereocenters. The number of hydrogen-bond acceptors (Lipinski definition) is 8. The molecular formula is C31H31FN6O2S. The van der Waals surface area contributed by atoms with Crippen LogP contribution in [-0.4, -0.2) is 31.2 Å². The molecular weight excluding hydrogens is 539 g/mol. The molecule has 0 bridgehead atoms. The first-order chi connectivity index (χ1) is 19.8. The highest BCUT2D eigenvalue weighted by molar-refractivity contribution is 7.98. The number of nitrogens with one attached hydrogen (secondary N) is 2. The molecule has 0 spiro atoms. The summed E-state index contributed by atoms with van der Waals surface area (Å²) in [5.74, 6) is 0.548. The van der Waals surface area contributed by atoms with E-state index < -0.39 is 11.4 Å². The van der Waals surface area contributed by atoms with E-state index in [1.807, 2.05) is 50.3 Å². The Labute approximate surface area is 243 Å². The van der Waals surface area contributed by atoms with Gasteiger partial charge in [-0.15, -0.1) is 0 Å². The van der Waals surface area contributed by atoms with Crippen molar-refractivity contribution >= 4 is 23.1 Å². The molecule has 1 aromatic heterocycles. The van der Waals surface area contributed by atoms with Crippen LogP contribution in [0.25, 0.3) is 11.3 Å². The van der Waals surface area contributed by atoms with E-state index in [4.69, 9.17) is 4.74 Å². The van der Waals surface area contributed by atoms with Crippen LogP contribution in [0.4, 0.5) is 15.8 Å². The van der Waals surface area contributed by atoms with Gasteiger partial charge in [-0.25, -0.2) is 9.37 Å². The molecule has 0 saturated heterocycles. The van der Waals surface area contributed by atoms with E-state index in [-0.39, 0.29) is 23.4 Å². The summed E-state index contributed by atoms with van der Waals surface area (Å²) in [5, 5.41) is 22.5. The number of aromatic nitrogens is 2. The van der Waals surface area contributed by atoms with E-state index in [9.17, 15) is 19.7 Å². The fourth-order valence-electron chi connectivity index (χ4n) is 3.95. The van der Waals surface area contributed by atoms with Gasteiger partial charge < -0.3 is 19.9 Å². The van der Waals surface area contributed by atoms with Crippen LogP contribution < -0.4 is 20.5 Å². The van der Waals surface area contributed by atoms with Gasteiger partial charge in [0.15, 0.2) is 5.16 Å². The minimum Gasteiger partial charge on any atom is -0.497 e. The molecule has 2 N–H and O–H groups in total. The molecule has 0 aliphatic carbocycles. The van der Waals surface area contributed by atoms with Crippen molar-refractivity contribution in [2.75, 3.05) is 31.4 Å². The van der Waals surface area contributed by atoms with Crippen LogP contribution in [0.15, 0.2) is 70.6 Å². The largest absolute Gasteiger partial charge is 0.497 e. The number of thioether (sulfide) groups is 1. The van der Waals surface area contributed by atoms with E-state index in [2.05, 4.69) is 15.3 Å². The van der Waals surface area contributed by atoms with Crippen LogP contribution in [0.1, 0.15) is 36.1 Å². The van der Waals surface area contributed by atoms with E-state index in [1.165, 1.54) is 11.8 Å². The van der Waals surface area contributed by atoms with Gasteiger partial charge in [0.2, 0.25) is 0 Å². The predicted molar refractivity (Wildman–Crippen MR) is 162 cm³/mol. The van der Waals surface area contributed by atoms with E-state index >= 15 is 0 Å². The number of anilines is 2. The van der Waals surface area contributed by atoms with Crippen molar-refractivity contribution in [3.05, 3.63) is 99.1 Å². The van der Waals surface area contributed by atoms with Gasteiger partial charge in [-0.2, -0.15) is 10.5 Å². The number of methoxy groups -OCH3 is 1. The first-order valence-electron chi connectivity index (χ1n) is 12.9. The zero-order chi connectivity index (χ0) is 29.9. The number of aromatic amines is 1. The number of H-pyrrole nitrogens is 1. The van der Waals surface area contributed by atoms with Crippen molar-refractivity contribution < 1.29 is 9.13 Å². The molecule has 210 valence electrons. The van der Waals surface area contributed by atoms with Gasteiger partial charge in [0.1, 0.15) is 34.8 Å². The summed E-state index contributed by atoms with van der Waals surface area (Å²) in [7, 11) is 5.07. The molecule has 0 fully saturated rings.